The molecule has 1 saturated heterocycles. The maximum atomic E-state index is 12.5. The van der Waals surface area contributed by atoms with Gasteiger partial charge in [-0.15, -0.1) is 0 Å². The number of carbonyl (C=O) groups is 1. The summed E-state index contributed by atoms with van der Waals surface area (Å²) in [5.41, 5.74) is 2.88. The minimum absolute atomic E-state index is 0.0479. The van der Waals surface area contributed by atoms with Crippen molar-refractivity contribution < 1.29 is 18.8 Å². The zero-order valence-electron chi connectivity index (χ0n) is 15.5. The van der Waals surface area contributed by atoms with Crippen LogP contribution in [-0.2, 0) is 11.3 Å². The smallest absolute Gasteiger partial charge is 0.295 e. The average molecular weight is 371 g/mol. The van der Waals surface area contributed by atoms with E-state index in [0.29, 0.717) is 5.82 Å². The summed E-state index contributed by atoms with van der Waals surface area (Å²) in [7, 11) is 1.45. The molecule has 1 fully saturated rings. The van der Waals surface area contributed by atoms with E-state index in [0.717, 1.165) is 48.3 Å². The molecule has 0 saturated carbocycles. The molecule has 1 aliphatic rings. The largest absolute Gasteiger partial charge is 0.479 e. The first-order valence-corrected chi connectivity index (χ1v) is 8.82. The number of methoxy groups -OCH3 is 1. The first kappa shape index (κ1) is 17.5. The highest BCUT2D eigenvalue weighted by Gasteiger charge is 2.23. The van der Waals surface area contributed by atoms with Crippen LogP contribution < -0.4 is 10.1 Å². The fraction of sp³-hybridized carbons (Fsp3) is 0.444. The van der Waals surface area contributed by atoms with Gasteiger partial charge in [0.15, 0.2) is 0 Å². The van der Waals surface area contributed by atoms with Crippen molar-refractivity contribution in [2.45, 2.75) is 39.3 Å². The molecular formula is C18H21N5O4. The third-order valence-corrected chi connectivity index (χ3v) is 4.97. The molecule has 3 aromatic heterocycles. The third kappa shape index (κ3) is 3.14. The molecular weight excluding hydrogens is 350 g/mol. The molecule has 1 atom stereocenters. The summed E-state index contributed by atoms with van der Waals surface area (Å²) in [6.45, 7) is 5.58. The summed E-state index contributed by atoms with van der Waals surface area (Å²) >= 11 is 0. The van der Waals surface area contributed by atoms with Crippen molar-refractivity contribution in [1.29, 1.82) is 0 Å². The fourth-order valence-electron chi connectivity index (χ4n) is 3.41. The molecule has 1 amide bonds. The Labute approximate surface area is 155 Å². The van der Waals surface area contributed by atoms with Gasteiger partial charge in [-0.1, -0.05) is 0 Å². The molecule has 1 unspecified atom stereocenters. The van der Waals surface area contributed by atoms with Crippen molar-refractivity contribution in [2.24, 2.45) is 0 Å². The predicted molar refractivity (Wildman–Crippen MR) is 97.0 cm³/mol. The standard InChI is InChI=1S/C18H21N5O4/c1-10-11(2)23(8-12-5-4-6-26-12)17-15(10)16(19-9-20-17)21-18(24)13-7-14(25-3)22-27-13/h7,9,12H,4-6,8H2,1-3H3,(H,19,20,21,24). The van der Waals surface area contributed by atoms with Crippen LogP contribution in [0.25, 0.3) is 11.0 Å². The Hall–Kier alpha value is -2.94. The van der Waals surface area contributed by atoms with Crippen LogP contribution in [0.2, 0.25) is 0 Å². The van der Waals surface area contributed by atoms with Gasteiger partial charge in [-0.25, -0.2) is 9.97 Å². The van der Waals surface area contributed by atoms with Gasteiger partial charge in [0.2, 0.25) is 5.76 Å². The van der Waals surface area contributed by atoms with Gasteiger partial charge in [-0.05, 0) is 37.4 Å². The van der Waals surface area contributed by atoms with Gasteiger partial charge in [0, 0.05) is 12.3 Å². The van der Waals surface area contributed by atoms with Crippen molar-refractivity contribution >= 4 is 22.8 Å². The number of carbonyl (C=O) groups excluding carboxylic acids is 1. The second-order valence-corrected chi connectivity index (χ2v) is 6.56. The summed E-state index contributed by atoms with van der Waals surface area (Å²) in [4.78, 5) is 21.2. The minimum Gasteiger partial charge on any atom is -0.479 e. The van der Waals surface area contributed by atoms with Crippen LogP contribution in [0.5, 0.6) is 5.88 Å². The van der Waals surface area contributed by atoms with Crippen LogP contribution in [0.1, 0.15) is 34.7 Å². The highest BCUT2D eigenvalue weighted by molar-refractivity contribution is 6.06. The van der Waals surface area contributed by atoms with E-state index < -0.39 is 5.91 Å². The molecule has 0 aliphatic carbocycles. The molecule has 4 heterocycles. The number of rotatable bonds is 5. The maximum Gasteiger partial charge on any atom is 0.295 e. The molecule has 27 heavy (non-hydrogen) atoms. The Bertz CT molecular complexity index is 987. The van der Waals surface area contributed by atoms with Crippen LogP contribution in [0.3, 0.4) is 0 Å². The van der Waals surface area contributed by atoms with Crippen LogP contribution in [0, 0.1) is 13.8 Å². The fourth-order valence-corrected chi connectivity index (χ4v) is 3.41. The lowest BCUT2D eigenvalue weighted by Gasteiger charge is -2.13. The molecule has 0 radical (unpaired) electrons. The molecule has 3 aromatic rings. The highest BCUT2D eigenvalue weighted by atomic mass is 16.5. The van der Waals surface area contributed by atoms with E-state index in [9.17, 15) is 4.79 Å². The maximum absolute atomic E-state index is 12.5. The quantitative estimate of drug-likeness (QED) is 0.734. The Morgan fingerprint density at radius 2 is 2.26 bits per heavy atom. The molecule has 1 aliphatic heterocycles. The van der Waals surface area contributed by atoms with Crippen molar-refractivity contribution in [1.82, 2.24) is 19.7 Å². The van der Waals surface area contributed by atoms with Crippen molar-refractivity contribution in [3.8, 4) is 5.88 Å². The lowest BCUT2D eigenvalue weighted by atomic mass is 10.2. The van der Waals surface area contributed by atoms with Crippen molar-refractivity contribution in [2.75, 3.05) is 19.0 Å². The van der Waals surface area contributed by atoms with Crippen LogP contribution in [0.4, 0.5) is 5.82 Å². The summed E-state index contributed by atoms with van der Waals surface area (Å²) < 4.78 is 17.8. The second-order valence-electron chi connectivity index (χ2n) is 6.56. The first-order chi connectivity index (χ1) is 13.1. The van der Waals surface area contributed by atoms with Gasteiger partial charge in [0.25, 0.3) is 11.8 Å². The summed E-state index contributed by atoms with van der Waals surface area (Å²) in [6, 6.07) is 1.43. The number of anilines is 1. The van der Waals surface area contributed by atoms with Gasteiger partial charge in [-0.3, -0.25) is 4.79 Å². The number of ether oxygens (including phenoxy) is 2. The third-order valence-electron chi connectivity index (χ3n) is 4.97. The second kappa shape index (κ2) is 6.99. The highest BCUT2D eigenvalue weighted by Crippen LogP contribution is 2.30. The molecule has 1 N–H and O–H groups in total. The first-order valence-electron chi connectivity index (χ1n) is 8.82. The predicted octanol–water partition coefficient (Wildman–Crippen LogP) is 2.48. The molecule has 9 heteroatoms. The number of nitrogens with one attached hydrogen (secondary N) is 1. The van der Waals surface area contributed by atoms with Gasteiger partial charge >= 0.3 is 0 Å². The molecule has 142 valence electrons. The summed E-state index contributed by atoms with van der Waals surface area (Å²) in [6.07, 6.45) is 3.76. The SMILES string of the molecule is COc1cc(C(=O)Nc2ncnc3c2c(C)c(C)n3CC2CCCO2)on1. The van der Waals surface area contributed by atoms with Crippen molar-refractivity contribution in [3.63, 3.8) is 0 Å². The molecule has 0 aromatic carbocycles. The van der Waals surface area contributed by atoms with Gasteiger partial charge in [0.1, 0.15) is 17.8 Å². The molecule has 0 bridgehead atoms. The Morgan fingerprint density at radius 1 is 1.41 bits per heavy atom. The van der Waals surface area contributed by atoms with Gasteiger partial charge in [0.05, 0.1) is 31.2 Å². The van der Waals surface area contributed by atoms with E-state index in [-0.39, 0.29) is 17.7 Å². The molecule has 4 rings (SSSR count). The van der Waals surface area contributed by atoms with Crippen LogP contribution >= 0.6 is 0 Å². The van der Waals surface area contributed by atoms with Crippen molar-refractivity contribution in [3.05, 3.63) is 29.4 Å². The number of fused-ring (bicyclic) bond motifs is 1. The number of amides is 1. The van der Waals surface area contributed by atoms with Crippen LogP contribution in [-0.4, -0.2) is 45.4 Å². The zero-order valence-corrected chi connectivity index (χ0v) is 15.5. The zero-order chi connectivity index (χ0) is 19.0. The lowest BCUT2D eigenvalue weighted by Crippen LogP contribution is -2.16. The number of hydrogen-bond donors (Lipinski definition) is 1. The summed E-state index contributed by atoms with van der Waals surface area (Å²) in [5, 5.41) is 7.25. The number of hydrogen-bond acceptors (Lipinski definition) is 7. The normalized spacial score (nSPS) is 16.8. The lowest BCUT2D eigenvalue weighted by molar-refractivity contribution is 0.0973. The summed E-state index contributed by atoms with van der Waals surface area (Å²) in [5.74, 6) is 0.274. The van der Waals surface area contributed by atoms with E-state index in [4.69, 9.17) is 14.0 Å². The Balaban J connectivity index is 1.68. The Kier molecular flexibility index (Phi) is 4.53. The van der Waals surface area contributed by atoms with E-state index in [1.54, 1.807) is 0 Å². The molecule has 0 spiro atoms. The number of aryl methyl sites for hydroxylation is 1. The topological polar surface area (TPSA) is 104 Å². The van der Waals surface area contributed by atoms with Gasteiger partial charge < -0.3 is 23.9 Å². The molecule has 9 nitrogen and oxygen atoms in total. The van der Waals surface area contributed by atoms with Gasteiger partial charge in [-0.2, -0.15) is 0 Å². The number of nitrogens with zero attached hydrogens (tertiary/aromatic N) is 4. The number of aromatic nitrogens is 4. The van der Waals surface area contributed by atoms with E-state index >= 15 is 0 Å². The van der Waals surface area contributed by atoms with Crippen LogP contribution in [0.15, 0.2) is 16.9 Å². The van der Waals surface area contributed by atoms with E-state index in [1.807, 2.05) is 13.8 Å². The van der Waals surface area contributed by atoms with E-state index in [1.165, 1.54) is 19.5 Å². The average Bonchev–Trinajstić information content (AvgIpc) is 3.40. The monoisotopic (exact) mass is 371 g/mol. The Morgan fingerprint density at radius 3 is 2.96 bits per heavy atom. The van der Waals surface area contributed by atoms with E-state index in [2.05, 4.69) is 25.0 Å². The minimum atomic E-state index is -0.449.